The number of carbonyl (C=O) groups is 1. The van der Waals surface area contributed by atoms with Crippen LogP contribution in [0.5, 0.6) is 11.9 Å². The van der Waals surface area contributed by atoms with Gasteiger partial charge in [-0.1, -0.05) is 18.6 Å². The van der Waals surface area contributed by atoms with Gasteiger partial charge < -0.3 is 19.5 Å². The Morgan fingerprint density at radius 3 is 2.34 bits per heavy atom. The predicted octanol–water partition coefficient (Wildman–Crippen LogP) is 2.60. The first-order valence-corrected chi connectivity index (χ1v) is 11.3. The zero-order valence-corrected chi connectivity index (χ0v) is 18.9. The lowest BCUT2D eigenvalue weighted by Crippen LogP contribution is -2.45. The largest absolute Gasteiger partial charge is 0.481 e. The molecule has 32 heavy (non-hydrogen) atoms. The Morgan fingerprint density at radius 2 is 1.72 bits per heavy atom. The minimum absolute atomic E-state index is 0.00508. The Morgan fingerprint density at radius 1 is 1.03 bits per heavy atom. The molecular weight excluding hydrogens is 408 g/mol. The Labute approximate surface area is 189 Å². The molecule has 0 spiro atoms. The Hall–Kier alpha value is -2.71. The van der Waals surface area contributed by atoms with Crippen LogP contribution >= 0.6 is 0 Å². The van der Waals surface area contributed by atoms with Gasteiger partial charge in [-0.3, -0.25) is 9.69 Å². The van der Waals surface area contributed by atoms with E-state index in [1.54, 1.807) is 11.1 Å². The molecule has 0 radical (unpaired) electrons. The van der Waals surface area contributed by atoms with Gasteiger partial charge in [0.2, 0.25) is 5.88 Å². The van der Waals surface area contributed by atoms with Gasteiger partial charge in [0.05, 0.1) is 25.4 Å². The van der Waals surface area contributed by atoms with Crippen molar-refractivity contribution in [2.24, 2.45) is 0 Å². The predicted molar refractivity (Wildman–Crippen MR) is 120 cm³/mol. The number of likely N-dealkylation sites (tertiary alicyclic amines) is 2. The summed E-state index contributed by atoms with van der Waals surface area (Å²) in [5, 5.41) is 11.2. The van der Waals surface area contributed by atoms with Gasteiger partial charge in [0.25, 0.3) is 5.91 Å². The highest BCUT2D eigenvalue weighted by Crippen LogP contribution is 2.37. The maximum absolute atomic E-state index is 13.0. The molecule has 8 nitrogen and oxygen atoms in total. The van der Waals surface area contributed by atoms with E-state index in [9.17, 15) is 9.90 Å². The summed E-state index contributed by atoms with van der Waals surface area (Å²) in [7, 11) is 2.98. The number of amides is 1. The minimum Gasteiger partial charge on any atom is -0.481 e. The van der Waals surface area contributed by atoms with Crippen molar-refractivity contribution in [1.82, 2.24) is 19.8 Å². The number of nitrogens with zero attached hydrogens (tertiary/aromatic N) is 4. The number of hydrogen-bond acceptors (Lipinski definition) is 7. The lowest BCUT2D eigenvalue weighted by molar-refractivity contribution is -0.0233. The summed E-state index contributed by atoms with van der Waals surface area (Å²) in [6.07, 6.45) is 6.19. The van der Waals surface area contributed by atoms with Gasteiger partial charge in [0, 0.05) is 31.4 Å². The summed E-state index contributed by atoms with van der Waals surface area (Å²) in [4.78, 5) is 25.6. The van der Waals surface area contributed by atoms with Crippen LogP contribution in [0.4, 0.5) is 0 Å². The normalized spacial score (nSPS) is 18.9. The van der Waals surface area contributed by atoms with Crippen molar-refractivity contribution in [2.75, 3.05) is 40.4 Å². The number of methoxy groups -OCH3 is 2. The van der Waals surface area contributed by atoms with Gasteiger partial charge in [0.1, 0.15) is 0 Å². The molecule has 172 valence electrons. The third-order valence-electron chi connectivity index (χ3n) is 6.54. The van der Waals surface area contributed by atoms with Crippen molar-refractivity contribution < 1.29 is 19.4 Å². The maximum atomic E-state index is 13.0. The molecule has 4 rings (SSSR count). The lowest BCUT2D eigenvalue weighted by atomic mass is 9.85. The van der Waals surface area contributed by atoms with Crippen molar-refractivity contribution in [3.8, 4) is 11.9 Å². The van der Waals surface area contributed by atoms with Crippen LogP contribution < -0.4 is 9.47 Å². The zero-order chi connectivity index (χ0) is 22.6. The molecule has 0 bridgehead atoms. The first kappa shape index (κ1) is 22.5. The highest BCUT2D eigenvalue weighted by molar-refractivity contribution is 5.94. The summed E-state index contributed by atoms with van der Waals surface area (Å²) >= 11 is 0. The van der Waals surface area contributed by atoms with Crippen LogP contribution in [-0.4, -0.2) is 71.2 Å². The van der Waals surface area contributed by atoms with Crippen LogP contribution in [0.2, 0.25) is 0 Å². The summed E-state index contributed by atoms with van der Waals surface area (Å²) in [5.41, 5.74) is 1.30. The van der Waals surface area contributed by atoms with Crippen molar-refractivity contribution in [1.29, 1.82) is 0 Å². The van der Waals surface area contributed by atoms with Crippen LogP contribution in [0.25, 0.3) is 0 Å². The number of rotatable bonds is 6. The number of piperidine rings is 2. The average Bonchev–Trinajstić information content (AvgIpc) is 2.84. The van der Waals surface area contributed by atoms with E-state index in [1.807, 2.05) is 12.1 Å². The summed E-state index contributed by atoms with van der Waals surface area (Å²) in [6.45, 7) is 4.14. The SMILES string of the molecule is COc1ncc(C2(O)CCN(C(=O)c3ccc(CN4CCCCC4)cc3)CC2)c(OC)n1. The molecule has 2 aliphatic heterocycles. The first-order chi connectivity index (χ1) is 15.5. The van der Waals surface area contributed by atoms with Gasteiger partial charge in [-0.05, 0) is 56.5 Å². The van der Waals surface area contributed by atoms with Gasteiger partial charge in [-0.15, -0.1) is 0 Å². The molecule has 0 atom stereocenters. The molecule has 1 amide bonds. The second-order valence-electron chi connectivity index (χ2n) is 8.64. The van der Waals surface area contributed by atoms with E-state index in [0.29, 0.717) is 42.9 Å². The number of benzene rings is 1. The van der Waals surface area contributed by atoms with E-state index in [2.05, 4.69) is 27.0 Å². The van der Waals surface area contributed by atoms with E-state index in [0.717, 1.165) is 19.6 Å². The van der Waals surface area contributed by atoms with Crippen LogP contribution in [0.3, 0.4) is 0 Å². The van der Waals surface area contributed by atoms with Crippen molar-refractivity contribution >= 4 is 5.91 Å². The zero-order valence-electron chi connectivity index (χ0n) is 18.9. The van der Waals surface area contributed by atoms with E-state index >= 15 is 0 Å². The fourth-order valence-corrected chi connectivity index (χ4v) is 4.58. The topological polar surface area (TPSA) is 88.0 Å². The number of ether oxygens (including phenoxy) is 2. The van der Waals surface area contributed by atoms with Crippen LogP contribution in [0.15, 0.2) is 30.5 Å². The van der Waals surface area contributed by atoms with E-state index in [1.165, 1.54) is 39.0 Å². The molecular formula is C24H32N4O4. The monoisotopic (exact) mass is 440 g/mol. The van der Waals surface area contributed by atoms with Gasteiger partial charge >= 0.3 is 6.01 Å². The molecule has 8 heteroatoms. The molecule has 2 aromatic rings. The third-order valence-corrected chi connectivity index (χ3v) is 6.54. The highest BCUT2D eigenvalue weighted by Gasteiger charge is 2.38. The molecule has 0 aliphatic carbocycles. The molecule has 0 saturated carbocycles. The highest BCUT2D eigenvalue weighted by atomic mass is 16.5. The van der Waals surface area contributed by atoms with Crippen molar-refractivity contribution in [3.63, 3.8) is 0 Å². The quantitative estimate of drug-likeness (QED) is 0.739. The number of carbonyl (C=O) groups excluding carboxylic acids is 1. The Balaban J connectivity index is 1.38. The summed E-state index contributed by atoms with van der Waals surface area (Å²) in [6, 6.07) is 8.14. The molecule has 2 fully saturated rings. The molecule has 2 saturated heterocycles. The van der Waals surface area contributed by atoms with E-state index in [4.69, 9.17) is 9.47 Å². The van der Waals surface area contributed by atoms with Crippen LogP contribution in [0, 0.1) is 0 Å². The molecule has 1 aromatic heterocycles. The van der Waals surface area contributed by atoms with Gasteiger partial charge in [0.15, 0.2) is 0 Å². The first-order valence-electron chi connectivity index (χ1n) is 11.3. The smallest absolute Gasteiger partial charge is 0.319 e. The Kier molecular flexibility index (Phi) is 6.91. The van der Waals surface area contributed by atoms with Crippen LogP contribution in [0.1, 0.15) is 53.6 Å². The summed E-state index contributed by atoms with van der Waals surface area (Å²) < 4.78 is 10.4. The molecule has 1 aromatic carbocycles. The molecule has 0 unspecified atom stereocenters. The fourth-order valence-electron chi connectivity index (χ4n) is 4.58. The van der Waals surface area contributed by atoms with Gasteiger partial charge in [-0.25, -0.2) is 4.98 Å². The second-order valence-corrected chi connectivity index (χ2v) is 8.64. The van der Waals surface area contributed by atoms with E-state index < -0.39 is 5.60 Å². The minimum atomic E-state index is -1.15. The average molecular weight is 441 g/mol. The maximum Gasteiger partial charge on any atom is 0.319 e. The molecule has 1 N–H and O–H groups in total. The Bertz CT molecular complexity index is 920. The van der Waals surface area contributed by atoms with Crippen molar-refractivity contribution in [2.45, 2.75) is 44.2 Å². The second kappa shape index (κ2) is 9.83. The van der Waals surface area contributed by atoms with Crippen molar-refractivity contribution in [3.05, 3.63) is 47.2 Å². The molecule has 3 heterocycles. The number of hydrogen-bond donors (Lipinski definition) is 1. The van der Waals surface area contributed by atoms with Gasteiger partial charge in [-0.2, -0.15) is 4.98 Å². The van der Waals surface area contributed by atoms with Crippen LogP contribution in [-0.2, 0) is 12.1 Å². The lowest BCUT2D eigenvalue weighted by Gasteiger charge is -2.38. The third kappa shape index (κ3) is 4.86. The summed E-state index contributed by atoms with van der Waals surface area (Å²) in [5.74, 6) is 0.290. The fraction of sp³-hybridized carbons (Fsp3) is 0.542. The standard InChI is InChI=1S/C24H32N4O4/c1-31-21-20(16-25-23(26-21)32-2)24(30)10-14-28(15-11-24)22(29)19-8-6-18(7-9-19)17-27-12-4-3-5-13-27/h6-9,16,30H,3-5,10-15,17H2,1-2H3. The molecule has 2 aliphatic rings. The number of aromatic nitrogens is 2. The van der Waals surface area contributed by atoms with E-state index in [-0.39, 0.29) is 11.9 Å². The number of aliphatic hydroxyl groups is 1.